The van der Waals surface area contributed by atoms with Crippen LogP contribution >= 0.6 is 11.6 Å². The predicted molar refractivity (Wildman–Crippen MR) is 114 cm³/mol. The Hall–Kier alpha value is -2.11. The number of piperidine rings is 1. The van der Waals surface area contributed by atoms with Gasteiger partial charge in [-0.3, -0.25) is 9.69 Å². The van der Waals surface area contributed by atoms with Gasteiger partial charge in [-0.25, -0.2) is 4.39 Å². The zero-order valence-electron chi connectivity index (χ0n) is 17.4. The van der Waals surface area contributed by atoms with Crippen LogP contribution in [0, 0.1) is 19.7 Å². The molecule has 3 rings (SSSR count). The minimum absolute atomic E-state index is 0.0399. The standard InChI is InChI=1S/C23H28ClFN2O2/c1-14-15(2)22(29-4)10-8-19(14)16(3)27-11-5-6-18(13-27)26-23(28)17-7-9-21(25)20(24)12-17/h7-10,12,16,18H,5-6,11,13H2,1-4H3,(H,26,28)/t16-,18?/m1/s1. The van der Waals surface area contributed by atoms with Crippen molar-refractivity contribution in [3.05, 3.63) is 63.4 Å². The molecule has 0 bridgehead atoms. The fourth-order valence-electron chi connectivity index (χ4n) is 4.07. The molecule has 1 aliphatic heterocycles. The lowest BCUT2D eigenvalue weighted by atomic mass is 9.94. The van der Waals surface area contributed by atoms with E-state index in [2.05, 4.69) is 37.1 Å². The smallest absolute Gasteiger partial charge is 0.251 e. The SMILES string of the molecule is COc1ccc([C@@H](C)N2CCCC(NC(=O)c3ccc(F)c(Cl)c3)C2)c(C)c1C. The first-order valence-electron chi connectivity index (χ1n) is 9.96. The first kappa shape index (κ1) is 21.6. The maximum Gasteiger partial charge on any atom is 0.251 e. The van der Waals surface area contributed by atoms with E-state index < -0.39 is 5.82 Å². The molecule has 2 aromatic rings. The molecule has 2 atom stereocenters. The number of rotatable bonds is 5. The van der Waals surface area contributed by atoms with Crippen molar-refractivity contribution >= 4 is 17.5 Å². The molecule has 1 aliphatic rings. The summed E-state index contributed by atoms with van der Waals surface area (Å²) in [6.07, 6.45) is 1.93. The second-order valence-electron chi connectivity index (χ2n) is 7.72. The normalized spacial score (nSPS) is 18.3. The maximum atomic E-state index is 13.4. The number of methoxy groups -OCH3 is 1. The van der Waals surface area contributed by atoms with Crippen molar-refractivity contribution in [2.24, 2.45) is 0 Å². The Morgan fingerprint density at radius 1 is 1.28 bits per heavy atom. The maximum absolute atomic E-state index is 13.4. The van der Waals surface area contributed by atoms with Crippen LogP contribution in [0.4, 0.5) is 4.39 Å². The number of halogens is 2. The van der Waals surface area contributed by atoms with Crippen molar-refractivity contribution in [3.63, 3.8) is 0 Å². The molecule has 2 aromatic carbocycles. The lowest BCUT2D eigenvalue weighted by Gasteiger charge is -2.38. The highest BCUT2D eigenvalue weighted by Crippen LogP contribution is 2.32. The largest absolute Gasteiger partial charge is 0.496 e. The van der Waals surface area contributed by atoms with Gasteiger partial charge >= 0.3 is 0 Å². The fourth-order valence-corrected chi connectivity index (χ4v) is 4.25. The molecule has 1 amide bonds. The van der Waals surface area contributed by atoms with E-state index in [0.29, 0.717) is 5.56 Å². The van der Waals surface area contributed by atoms with Gasteiger partial charge in [0.2, 0.25) is 0 Å². The van der Waals surface area contributed by atoms with Crippen LogP contribution in [0.5, 0.6) is 5.75 Å². The minimum atomic E-state index is -0.522. The van der Waals surface area contributed by atoms with E-state index in [0.717, 1.165) is 37.2 Å². The molecule has 1 N–H and O–H groups in total. The van der Waals surface area contributed by atoms with Crippen LogP contribution in [0.25, 0.3) is 0 Å². The number of carbonyl (C=O) groups excluding carboxylic acids is 1. The lowest BCUT2D eigenvalue weighted by Crippen LogP contribution is -2.48. The third kappa shape index (κ3) is 4.73. The summed E-state index contributed by atoms with van der Waals surface area (Å²) in [4.78, 5) is 15.0. The predicted octanol–water partition coefficient (Wildman–Crippen LogP) is 5.06. The number of nitrogens with zero attached hydrogens (tertiary/aromatic N) is 1. The number of amides is 1. The zero-order chi connectivity index (χ0) is 21.1. The average molecular weight is 419 g/mol. The highest BCUT2D eigenvalue weighted by Gasteiger charge is 2.27. The molecule has 0 radical (unpaired) electrons. The monoisotopic (exact) mass is 418 g/mol. The lowest BCUT2D eigenvalue weighted by molar-refractivity contribution is 0.0880. The molecule has 0 spiro atoms. The van der Waals surface area contributed by atoms with Crippen molar-refractivity contribution in [1.82, 2.24) is 10.2 Å². The van der Waals surface area contributed by atoms with Crippen molar-refractivity contribution in [2.45, 2.75) is 45.7 Å². The van der Waals surface area contributed by atoms with Crippen molar-refractivity contribution in [1.29, 1.82) is 0 Å². The van der Waals surface area contributed by atoms with E-state index >= 15 is 0 Å². The van der Waals surface area contributed by atoms with Gasteiger partial charge in [0.1, 0.15) is 11.6 Å². The Labute approximate surface area is 177 Å². The quantitative estimate of drug-likeness (QED) is 0.737. The van der Waals surface area contributed by atoms with Crippen LogP contribution in [-0.2, 0) is 0 Å². The van der Waals surface area contributed by atoms with Crippen molar-refractivity contribution in [3.8, 4) is 5.75 Å². The van der Waals surface area contributed by atoms with Gasteiger partial charge in [0, 0.05) is 24.2 Å². The van der Waals surface area contributed by atoms with Crippen LogP contribution in [0.2, 0.25) is 5.02 Å². The summed E-state index contributed by atoms with van der Waals surface area (Å²) in [6, 6.07) is 8.50. The Kier molecular flexibility index (Phi) is 6.81. The number of likely N-dealkylation sites (tertiary alicyclic amines) is 1. The van der Waals surface area contributed by atoms with Gasteiger partial charge in [0.15, 0.2) is 0 Å². The number of ether oxygens (including phenoxy) is 1. The number of carbonyl (C=O) groups is 1. The molecule has 1 unspecified atom stereocenters. The van der Waals surface area contributed by atoms with Gasteiger partial charge in [-0.2, -0.15) is 0 Å². The minimum Gasteiger partial charge on any atom is -0.496 e. The Morgan fingerprint density at radius 2 is 2.03 bits per heavy atom. The molecule has 1 heterocycles. The Balaban J connectivity index is 1.69. The number of benzene rings is 2. The molecular formula is C23H28ClFN2O2. The van der Waals surface area contributed by atoms with E-state index in [4.69, 9.17) is 16.3 Å². The molecule has 0 aliphatic carbocycles. The Bertz CT molecular complexity index is 903. The molecule has 1 fully saturated rings. The van der Waals surface area contributed by atoms with Gasteiger partial charge in [0.25, 0.3) is 5.91 Å². The van der Waals surface area contributed by atoms with E-state index in [1.54, 1.807) is 7.11 Å². The topological polar surface area (TPSA) is 41.6 Å². The number of nitrogens with one attached hydrogen (secondary N) is 1. The Morgan fingerprint density at radius 3 is 2.72 bits per heavy atom. The highest BCUT2D eigenvalue weighted by molar-refractivity contribution is 6.31. The first-order valence-corrected chi connectivity index (χ1v) is 10.3. The molecule has 0 aromatic heterocycles. The highest BCUT2D eigenvalue weighted by atomic mass is 35.5. The summed E-state index contributed by atoms with van der Waals surface area (Å²) < 4.78 is 18.8. The molecule has 6 heteroatoms. The van der Waals surface area contributed by atoms with Crippen LogP contribution in [-0.4, -0.2) is 37.0 Å². The second kappa shape index (κ2) is 9.14. The first-order chi connectivity index (χ1) is 13.8. The van der Waals surface area contributed by atoms with E-state index in [1.165, 1.54) is 29.3 Å². The number of hydrogen-bond acceptors (Lipinski definition) is 3. The van der Waals surface area contributed by atoms with E-state index in [-0.39, 0.29) is 23.0 Å². The van der Waals surface area contributed by atoms with Gasteiger partial charge < -0.3 is 10.1 Å². The summed E-state index contributed by atoms with van der Waals surface area (Å²) >= 11 is 5.81. The van der Waals surface area contributed by atoms with Crippen LogP contribution in [0.15, 0.2) is 30.3 Å². The van der Waals surface area contributed by atoms with Crippen LogP contribution in [0.3, 0.4) is 0 Å². The van der Waals surface area contributed by atoms with Crippen molar-refractivity contribution in [2.75, 3.05) is 20.2 Å². The molecule has 1 saturated heterocycles. The summed E-state index contributed by atoms with van der Waals surface area (Å²) in [5.74, 6) is 0.161. The molecule has 0 saturated carbocycles. The molecule has 156 valence electrons. The van der Waals surface area contributed by atoms with Gasteiger partial charge in [-0.05, 0) is 81.1 Å². The summed E-state index contributed by atoms with van der Waals surface area (Å²) in [5.41, 5.74) is 4.06. The van der Waals surface area contributed by atoms with Gasteiger partial charge in [-0.15, -0.1) is 0 Å². The summed E-state index contributed by atoms with van der Waals surface area (Å²) in [6.45, 7) is 8.17. The van der Waals surface area contributed by atoms with Gasteiger partial charge in [0.05, 0.1) is 12.1 Å². The van der Waals surface area contributed by atoms with E-state index in [1.807, 2.05) is 6.07 Å². The molecule has 29 heavy (non-hydrogen) atoms. The third-order valence-electron chi connectivity index (χ3n) is 5.97. The third-order valence-corrected chi connectivity index (χ3v) is 6.26. The zero-order valence-corrected chi connectivity index (χ0v) is 18.1. The fraction of sp³-hybridized carbons (Fsp3) is 0.435. The van der Waals surface area contributed by atoms with Crippen LogP contribution in [0.1, 0.15) is 52.9 Å². The van der Waals surface area contributed by atoms with Crippen molar-refractivity contribution < 1.29 is 13.9 Å². The molecular weight excluding hydrogens is 391 g/mol. The number of hydrogen-bond donors (Lipinski definition) is 1. The van der Waals surface area contributed by atoms with Crippen LogP contribution < -0.4 is 10.1 Å². The average Bonchev–Trinajstić information content (AvgIpc) is 2.71. The van der Waals surface area contributed by atoms with E-state index in [9.17, 15) is 9.18 Å². The van der Waals surface area contributed by atoms with Gasteiger partial charge in [-0.1, -0.05) is 17.7 Å². The second-order valence-corrected chi connectivity index (χ2v) is 8.13. The summed E-state index contributed by atoms with van der Waals surface area (Å²) in [5, 5.41) is 3.04. The molecule has 4 nitrogen and oxygen atoms in total. The summed E-state index contributed by atoms with van der Waals surface area (Å²) in [7, 11) is 1.69.